The molecule has 164 valence electrons. The van der Waals surface area contributed by atoms with Crippen LogP contribution in [-0.2, 0) is 19.3 Å². The van der Waals surface area contributed by atoms with Crippen molar-refractivity contribution < 1.29 is 13.2 Å². The van der Waals surface area contributed by atoms with Crippen molar-refractivity contribution in [2.45, 2.75) is 90.4 Å². The summed E-state index contributed by atoms with van der Waals surface area (Å²) in [5.41, 5.74) is 2.42. The van der Waals surface area contributed by atoms with E-state index in [0.717, 1.165) is 29.9 Å². The van der Waals surface area contributed by atoms with Crippen molar-refractivity contribution in [2.24, 2.45) is 5.92 Å². The quantitative estimate of drug-likeness (QED) is 0.361. The average Bonchev–Trinajstić information content (AvgIpc) is 2.76. The normalized spacial score (nSPS) is 19.2. The molecule has 30 heavy (non-hydrogen) atoms. The molecule has 0 radical (unpaired) electrons. The predicted octanol–water partition coefficient (Wildman–Crippen LogP) is 8.31. The van der Waals surface area contributed by atoms with E-state index in [0.29, 0.717) is 36.3 Å². The van der Waals surface area contributed by atoms with Crippen molar-refractivity contribution in [2.75, 3.05) is 0 Å². The number of benzene rings is 2. The van der Waals surface area contributed by atoms with E-state index in [-0.39, 0.29) is 5.82 Å². The molecule has 0 bridgehead atoms. The second kappa shape index (κ2) is 11.0. The van der Waals surface area contributed by atoms with Crippen LogP contribution in [0.4, 0.5) is 13.2 Å². The standard InChI is InChI=1S/C27H35F3/c1-3-5-6-7-19-8-12-22(13-9-19)24-17-11-20(18-25(24)28)10-14-23-16-15-21(4-2)26(29)27(23)30/h11,15-19,22H,3-10,12-14H2,1-2H3. The molecule has 3 rings (SSSR count). The van der Waals surface area contributed by atoms with Crippen LogP contribution in [0.2, 0.25) is 0 Å². The van der Waals surface area contributed by atoms with Crippen LogP contribution >= 0.6 is 0 Å². The molecule has 0 N–H and O–H groups in total. The van der Waals surface area contributed by atoms with Gasteiger partial charge in [-0.05, 0) is 85.1 Å². The fourth-order valence-electron chi connectivity index (χ4n) is 4.88. The van der Waals surface area contributed by atoms with Gasteiger partial charge in [0.05, 0.1) is 0 Å². The van der Waals surface area contributed by atoms with Crippen LogP contribution in [0.15, 0.2) is 30.3 Å². The summed E-state index contributed by atoms with van der Waals surface area (Å²) in [4.78, 5) is 0. The summed E-state index contributed by atoms with van der Waals surface area (Å²) < 4.78 is 43.0. The summed E-state index contributed by atoms with van der Waals surface area (Å²) in [7, 11) is 0. The zero-order valence-electron chi connectivity index (χ0n) is 18.5. The molecule has 3 heteroatoms. The Morgan fingerprint density at radius 1 is 0.800 bits per heavy atom. The van der Waals surface area contributed by atoms with Crippen molar-refractivity contribution in [1.82, 2.24) is 0 Å². The zero-order chi connectivity index (χ0) is 21.5. The molecule has 0 aromatic heterocycles. The molecule has 1 saturated carbocycles. The van der Waals surface area contributed by atoms with Gasteiger partial charge >= 0.3 is 0 Å². The third-order valence-electron chi connectivity index (χ3n) is 6.87. The summed E-state index contributed by atoms with van der Waals surface area (Å²) in [6, 6.07) is 8.78. The smallest absolute Gasteiger partial charge is 0.162 e. The lowest BCUT2D eigenvalue weighted by atomic mass is 9.76. The molecular formula is C27H35F3. The Morgan fingerprint density at radius 3 is 2.17 bits per heavy atom. The van der Waals surface area contributed by atoms with Gasteiger partial charge in [0, 0.05) is 0 Å². The van der Waals surface area contributed by atoms with Gasteiger partial charge in [-0.3, -0.25) is 0 Å². The lowest BCUT2D eigenvalue weighted by Crippen LogP contribution is -2.14. The zero-order valence-corrected chi connectivity index (χ0v) is 18.5. The molecular weight excluding hydrogens is 381 g/mol. The maximum atomic E-state index is 14.8. The van der Waals surface area contributed by atoms with E-state index < -0.39 is 11.6 Å². The maximum absolute atomic E-state index is 14.8. The molecule has 0 amide bonds. The van der Waals surface area contributed by atoms with Crippen LogP contribution in [0.1, 0.15) is 93.4 Å². The van der Waals surface area contributed by atoms with E-state index in [1.165, 1.54) is 38.5 Å². The van der Waals surface area contributed by atoms with Gasteiger partial charge in [-0.25, -0.2) is 13.2 Å². The number of unbranched alkanes of at least 4 members (excludes halogenated alkanes) is 2. The van der Waals surface area contributed by atoms with Gasteiger partial charge in [0.15, 0.2) is 11.6 Å². The van der Waals surface area contributed by atoms with Crippen molar-refractivity contribution in [3.05, 3.63) is 70.0 Å². The second-order valence-corrected chi connectivity index (χ2v) is 8.93. The highest BCUT2D eigenvalue weighted by molar-refractivity contribution is 5.30. The van der Waals surface area contributed by atoms with E-state index in [2.05, 4.69) is 6.92 Å². The van der Waals surface area contributed by atoms with Crippen molar-refractivity contribution in [3.8, 4) is 0 Å². The number of hydrogen-bond donors (Lipinski definition) is 0. The minimum Gasteiger partial charge on any atom is -0.207 e. The van der Waals surface area contributed by atoms with E-state index in [9.17, 15) is 13.2 Å². The number of hydrogen-bond acceptors (Lipinski definition) is 0. The van der Waals surface area contributed by atoms with Gasteiger partial charge in [0.1, 0.15) is 5.82 Å². The summed E-state index contributed by atoms with van der Waals surface area (Å²) in [5.74, 6) is -0.530. The van der Waals surface area contributed by atoms with Gasteiger partial charge in [-0.2, -0.15) is 0 Å². The molecule has 0 atom stereocenters. The van der Waals surface area contributed by atoms with Crippen LogP contribution < -0.4 is 0 Å². The van der Waals surface area contributed by atoms with Crippen LogP contribution in [0, 0.1) is 23.4 Å². The molecule has 0 spiro atoms. The molecule has 2 aromatic rings. The molecule has 1 aliphatic rings. The Bertz CT molecular complexity index is 819. The summed E-state index contributed by atoms with van der Waals surface area (Å²) in [6.45, 7) is 4.04. The topological polar surface area (TPSA) is 0 Å². The Balaban J connectivity index is 1.57. The number of aryl methyl sites for hydroxylation is 3. The second-order valence-electron chi connectivity index (χ2n) is 8.93. The fourth-order valence-corrected chi connectivity index (χ4v) is 4.88. The van der Waals surface area contributed by atoms with Crippen LogP contribution in [0.5, 0.6) is 0 Å². The largest absolute Gasteiger partial charge is 0.207 e. The van der Waals surface area contributed by atoms with E-state index in [1.807, 2.05) is 12.1 Å². The van der Waals surface area contributed by atoms with Gasteiger partial charge < -0.3 is 0 Å². The summed E-state index contributed by atoms with van der Waals surface area (Å²) in [5, 5.41) is 0. The predicted molar refractivity (Wildman–Crippen MR) is 118 cm³/mol. The van der Waals surface area contributed by atoms with Crippen LogP contribution in [-0.4, -0.2) is 0 Å². The molecule has 1 fully saturated rings. The first kappa shape index (κ1) is 22.9. The molecule has 2 aromatic carbocycles. The van der Waals surface area contributed by atoms with E-state index in [1.54, 1.807) is 25.1 Å². The Kier molecular flexibility index (Phi) is 8.41. The maximum Gasteiger partial charge on any atom is 0.162 e. The van der Waals surface area contributed by atoms with Crippen LogP contribution in [0.25, 0.3) is 0 Å². The molecule has 1 aliphatic carbocycles. The van der Waals surface area contributed by atoms with Gasteiger partial charge in [0.2, 0.25) is 0 Å². The van der Waals surface area contributed by atoms with E-state index >= 15 is 0 Å². The highest BCUT2D eigenvalue weighted by Gasteiger charge is 2.24. The third-order valence-corrected chi connectivity index (χ3v) is 6.87. The highest BCUT2D eigenvalue weighted by atomic mass is 19.2. The molecule has 0 unspecified atom stereocenters. The first-order valence-electron chi connectivity index (χ1n) is 11.8. The van der Waals surface area contributed by atoms with Gasteiger partial charge in [0.25, 0.3) is 0 Å². The minimum atomic E-state index is -0.762. The van der Waals surface area contributed by atoms with Crippen LogP contribution in [0.3, 0.4) is 0 Å². The van der Waals surface area contributed by atoms with Gasteiger partial charge in [-0.15, -0.1) is 0 Å². The van der Waals surface area contributed by atoms with Crippen molar-refractivity contribution >= 4 is 0 Å². The monoisotopic (exact) mass is 416 g/mol. The highest BCUT2D eigenvalue weighted by Crippen LogP contribution is 2.38. The Morgan fingerprint density at radius 2 is 1.50 bits per heavy atom. The fraction of sp³-hybridized carbons (Fsp3) is 0.556. The number of halogens is 3. The van der Waals surface area contributed by atoms with E-state index in [4.69, 9.17) is 0 Å². The number of rotatable bonds is 9. The average molecular weight is 417 g/mol. The molecule has 0 saturated heterocycles. The summed E-state index contributed by atoms with van der Waals surface area (Å²) >= 11 is 0. The molecule has 0 heterocycles. The molecule has 0 nitrogen and oxygen atoms in total. The van der Waals surface area contributed by atoms with Gasteiger partial charge in [-0.1, -0.05) is 63.8 Å². The third kappa shape index (κ3) is 5.68. The first-order valence-corrected chi connectivity index (χ1v) is 11.8. The SMILES string of the molecule is CCCCCC1CCC(c2ccc(CCc3ccc(CC)c(F)c3F)cc2F)CC1. The lowest BCUT2D eigenvalue weighted by molar-refractivity contribution is 0.299. The van der Waals surface area contributed by atoms with Crippen molar-refractivity contribution in [1.29, 1.82) is 0 Å². The minimum absolute atomic E-state index is 0.144. The lowest BCUT2D eigenvalue weighted by Gasteiger charge is -2.29. The summed E-state index contributed by atoms with van der Waals surface area (Å²) in [6.07, 6.45) is 11.1. The van der Waals surface area contributed by atoms with Crippen molar-refractivity contribution in [3.63, 3.8) is 0 Å². The first-order chi connectivity index (χ1) is 14.5. The Hall–Kier alpha value is -1.77. The Labute approximate surface area is 179 Å². The molecule has 0 aliphatic heterocycles.